The Bertz CT molecular complexity index is 493. The molecule has 1 fully saturated rings. The normalized spacial score (nSPS) is 19.2. The summed E-state index contributed by atoms with van der Waals surface area (Å²) in [6, 6.07) is 4.92. The maximum Gasteiger partial charge on any atom is 0.244 e. The summed E-state index contributed by atoms with van der Waals surface area (Å²) < 4.78 is 0. The predicted octanol–water partition coefficient (Wildman–Crippen LogP) is 0.178. The van der Waals surface area contributed by atoms with Crippen molar-refractivity contribution < 1.29 is 4.79 Å². The fourth-order valence-electron chi connectivity index (χ4n) is 1.77. The Labute approximate surface area is 99.0 Å². The van der Waals surface area contributed by atoms with E-state index in [4.69, 9.17) is 11.0 Å². The van der Waals surface area contributed by atoms with E-state index in [-0.39, 0.29) is 17.6 Å². The third kappa shape index (κ3) is 2.13. The second-order valence-corrected chi connectivity index (χ2v) is 3.99. The molecule has 2 heterocycles. The van der Waals surface area contributed by atoms with Crippen LogP contribution in [-0.4, -0.2) is 35.4 Å². The molecule has 1 amide bonds. The molecule has 2 rings (SSSR count). The molecule has 1 aliphatic heterocycles. The van der Waals surface area contributed by atoms with Gasteiger partial charge in [-0.1, -0.05) is 0 Å². The van der Waals surface area contributed by atoms with E-state index in [2.05, 4.69) is 10.3 Å². The first-order valence-corrected chi connectivity index (χ1v) is 5.30. The minimum Gasteiger partial charge on any atom is -0.396 e. The number of anilines is 2. The van der Waals surface area contributed by atoms with E-state index in [1.807, 2.05) is 6.07 Å². The van der Waals surface area contributed by atoms with Crippen LogP contribution in [0.1, 0.15) is 12.1 Å². The monoisotopic (exact) mass is 231 g/mol. The zero-order chi connectivity index (χ0) is 12.4. The molecule has 0 radical (unpaired) electrons. The van der Waals surface area contributed by atoms with Crippen molar-refractivity contribution in [3.63, 3.8) is 0 Å². The molecule has 88 valence electrons. The van der Waals surface area contributed by atoms with Crippen molar-refractivity contribution in [3.05, 3.63) is 17.8 Å². The number of hydrogen-bond acceptors (Lipinski definition) is 5. The predicted molar refractivity (Wildman–Crippen MR) is 63.0 cm³/mol. The molecule has 1 saturated heterocycles. The van der Waals surface area contributed by atoms with E-state index in [1.54, 1.807) is 24.1 Å². The van der Waals surface area contributed by atoms with Gasteiger partial charge < -0.3 is 16.0 Å². The van der Waals surface area contributed by atoms with E-state index in [0.29, 0.717) is 11.5 Å². The molecule has 0 spiro atoms. The first-order chi connectivity index (χ1) is 8.11. The summed E-state index contributed by atoms with van der Waals surface area (Å²) in [6.07, 6.45) is 0.739. The zero-order valence-electron chi connectivity index (χ0n) is 9.47. The number of nitrogen functional groups attached to an aromatic ring is 1. The summed E-state index contributed by atoms with van der Waals surface area (Å²) in [6.45, 7) is 0.733. The first kappa shape index (κ1) is 11.2. The van der Waals surface area contributed by atoms with Crippen molar-refractivity contribution in [2.24, 2.45) is 0 Å². The second kappa shape index (κ2) is 4.29. The van der Waals surface area contributed by atoms with Gasteiger partial charge in [0.15, 0.2) is 5.69 Å². The van der Waals surface area contributed by atoms with Crippen LogP contribution >= 0.6 is 0 Å². The smallest absolute Gasteiger partial charge is 0.244 e. The lowest BCUT2D eigenvalue weighted by molar-refractivity contribution is -0.127. The topological polar surface area (TPSA) is 95.0 Å². The Balaban J connectivity index is 2.15. The van der Waals surface area contributed by atoms with Crippen LogP contribution in [0.5, 0.6) is 0 Å². The summed E-state index contributed by atoms with van der Waals surface area (Å²) >= 11 is 0. The van der Waals surface area contributed by atoms with E-state index in [1.165, 1.54) is 0 Å². The highest BCUT2D eigenvalue weighted by Crippen LogP contribution is 2.17. The number of nitrogens with one attached hydrogen (secondary N) is 1. The van der Waals surface area contributed by atoms with Gasteiger partial charge in [0, 0.05) is 13.6 Å². The van der Waals surface area contributed by atoms with Crippen molar-refractivity contribution in [2.45, 2.75) is 12.5 Å². The average Bonchev–Trinajstić information content (AvgIpc) is 2.63. The first-order valence-electron chi connectivity index (χ1n) is 5.30. The summed E-state index contributed by atoms with van der Waals surface area (Å²) in [5, 5.41) is 11.8. The lowest BCUT2D eigenvalue weighted by Gasteiger charge is -2.13. The van der Waals surface area contributed by atoms with Crippen LogP contribution in [0.15, 0.2) is 12.1 Å². The highest BCUT2D eigenvalue weighted by molar-refractivity contribution is 5.86. The summed E-state index contributed by atoms with van der Waals surface area (Å²) in [5.74, 6) is 0.548. The van der Waals surface area contributed by atoms with Gasteiger partial charge in [-0.2, -0.15) is 5.26 Å². The molecule has 1 atom stereocenters. The second-order valence-electron chi connectivity index (χ2n) is 3.99. The van der Waals surface area contributed by atoms with Crippen molar-refractivity contribution in [1.82, 2.24) is 9.88 Å². The lowest BCUT2D eigenvalue weighted by Crippen LogP contribution is -2.31. The van der Waals surface area contributed by atoms with Gasteiger partial charge in [-0.3, -0.25) is 4.79 Å². The Morgan fingerprint density at radius 2 is 2.41 bits per heavy atom. The van der Waals surface area contributed by atoms with Gasteiger partial charge in [0.05, 0.1) is 5.69 Å². The van der Waals surface area contributed by atoms with Crippen LogP contribution in [0.2, 0.25) is 0 Å². The lowest BCUT2D eigenvalue weighted by atomic mass is 10.2. The number of likely N-dealkylation sites (tertiary alicyclic amines) is 1. The summed E-state index contributed by atoms with van der Waals surface area (Å²) in [4.78, 5) is 17.4. The van der Waals surface area contributed by atoms with E-state index < -0.39 is 0 Å². The van der Waals surface area contributed by atoms with Gasteiger partial charge in [0.25, 0.3) is 0 Å². The molecule has 6 heteroatoms. The number of amides is 1. The number of aromatic nitrogens is 1. The molecule has 1 aliphatic rings. The van der Waals surface area contributed by atoms with Gasteiger partial charge >= 0.3 is 0 Å². The van der Waals surface area contributed by atoms with Crippen molar-refractivity contribution >= 4 is 17.4 Å². The molecule has 1 aromatic rings. The van der Waals surface area contributed by atoms with Gasteiger partial charge in [0.1, 0.15) is 17.9 Å². The van der Waals surface area contributed by atoms with Gasteiger partial charge in [-0.05, 0) is 18.6 Å². The molecule has 3 N–H and O–H groups in total. The molecule has 0 aliphatic carbocycles. The van der Waals surface area contributed by atoms with E-state index >= 15 is 0 Å². The fraction of sp³-hybridized carbons (Fsp3) is 0.364. The van der Waals surface area contributed by atoms with Gasteiger partial charge in [-0.25, -0.2) is 4.98 Å². The molecule has 1 unspecified atom stereocenters. The zero-order valence-corrected chi connectivity index (χ0v) is 9.47. The van der Waals surface area contributed by atoms with Crippen LogP contribution in [0.25, 0.3) is 0 Å². The third-order valence-electron chi connectivity index (χ3n) is 2.78. The van der Waals surface area contributed by atoms with Crippen LogP contribution in [0.3, 0.4) is 0 Å². The minimum atomic E-state index is -0.261. The molecule has 6 nitrogen and oxygen atoms in total. The number of rotatable bonds is 2. The largest absolute Gasteiger partial charge is 0.396 e. The highest BCUT2D eigenvalue weighted by atomic mass is 16.2. The molecule has 0 bridgehead atoms. The fourth-order valence-corrected chi connectivity index (χ4v) is 1.77. The highest BCUT2D eigenvalue weighted by Gasteiger charge is 2.29. The van der Waals surface area contributed by atoms with Crippen molar-refractivity contribution in [3.8, 4) is 6.07 Å². The number of nitrogens with two attached hydrogens (primary N) is 1. The van der Waals surface area contributed by atoms with Crippen LogP contribution < -0.4 is 11.1 Å². The maximum absolute atomic E-state index is 11.7. The molecule has 17 heavy (non-hydrogen) atoms. The number of nitrogens with zero attached hydrogens (tertiary/aromatic N) is 3. The van der Waals surface area contributed by atoms with Crippen LogP contribution in [0.4, 0.5) is 11.5 Å². The molecular weight excluding hydrogens is 218 g/mol. The van der Waals surface area contributed by atoms with Crippen LogP contribution in [-0.2, 0) is 4.79 Å². The minimum absolute atomic E-state index is 0.0436. The standard InChI is InChI=1S/C11H13N5O/c1-16-5-4-8(11(16)17)14-10-3-2-7(13)9(6-12)15-10/h2-3,8H,4-5,13H2,1H3,(H,14,15). The van der Waals surface area contributed by atoms with Gasteiger partial charge in [0.2, 0.25) is 5.91 Å². The molecule has 1 aromatic heterocycles. The van der Waals surface area contributed by atoms with Crippen molar-refractivity contribution in [1.29, 1.82) is 5.26 Å². The Morgan fingerprint density at radius 3 is 3.00 bits per heavy atom. The van der Waals surface area contributed by atoms with Gasteiger partial charge in [-0.15, -0.1) is 0 Å². The van der Waals surface area contributed by atoms with Crippen LogP contribution in [0, 0.1) is 11.3 Å². The number of carbonyl (C=O) groups excluding carboxylic acids is 1. The number of hydrogen-bond donors (Lipinski definition) is 2. The number of nitriles is 1. The van der Waals surface area contributed by atoms with Crippen molar-refractivity contribution in [2.75, 3.05) is 24.6 Å². The van der Waals surface area contributed by atoms with E-state index in [0.717, 1.165) is 13.0 Å². The number of carbonyl (C=O) groups is 1. The number of likely N-dealkylation sites (N-methyl/N-ethyl adjacent to an activating group) is 1. The SMILES string of the molecule is CN1CCC(Nc2ccc(N)c(C#N)n2)C1=O. The Morgan fingerprint density at radius 1 is 1.65 bits per heavy atom. The average molecular weight is 231 g/mol. The molecular formula is C11H13N5O. The third-order valence-corrected chi connectivity index (χ3v) is 2.78. The Hall–Kier alpha value is -2.29. The summed E-state index contributed by atoms with van der Waals surface area (Å²) in [7, 11) is 1.77. The number of pyridine rings is 1. The maximum atomic E-state index is 11.7. The van der Waals surface area contributed by atoms with E-state index in [9.17, 15) is 4.79 Å². The molecule has 0 saturated carbocycles. The molecule has 0 aromatic carbocycles. The Kier molecular flexibility index (Phi) is 2.83. The quantitative estimate of drug-likeness (QED) is 0.757. The summed E-state index contributed by atoms with van der Waals surface area (Å²) in [5.41, 5.74) is 6.09.